The summed E-state index contributed by atoms with van der Waals surface area (Å²) < 4.78 is 3.32. The van der Waals surface area contributed by atoms with Crippen LogP contribution in [0.3, 0.4) is 0 Å². The molecule has 0 saturated heterocycles. The molecule has 1 aliphatic heterocycles. The number of thioether (sulfide) groups is 2. The second-order valence-electron chi connectivity index (χ2n) is 2.92. The van der Waals surface area contributed by atoms with Crippen LogP contribution < -0.4 is 0 Å². The van der Waals surface area contributed by atoms with E-state index < -0.39 is 0 Å². The van der Waals surface area contributed by atoms with Gasteiger partial charge in [-0.1, -0.05) is 0 Å². The van der Waals surface area contributed by atoms with E-state index in [4.69, 9.17) is 0 Å². The van der Waals surface area contributed by atoms with E-state index in [0.29, 0.717) is 14.5 Å². The fourth-order valence-electron chi connectivity index (χ4n) is 1.38. The summed E-state index contributed by atoms with van der Waals surface area (Å²) in [7, 11) is 0. The third-order valence-electron chi connectivity index (χ3n) is 1.93. The summed E-state index contributed by atoms with van der Waals surface area (Å²) in [5.74, 6) is 2.65. The molecule has 2 heterocycles. The zero-order chi connectivity index (χ0) is 8.55. The van der Waals surface area contributed by atoms with Crippen molar-refractivity contribution in [2.24, 2.45) is 0 Å². The Bertz CT molecular complexity index is 264. The van der Waals surface area contributed by atoms with E-state index in [1.807, 2.05) is 0 Å². The summed E-state index contributed by atoms with van der Waals surface area (Å²) in [6.45, 7) is 4.62. The predicted octanol–water partition coefficient (Wildman–Crippen LogP) is 2.95. The average Bonchev–Trinajstić information content (AvgIpc) is 2.29. The molecule has 0 bridgehead atoms. The molecule has 0 N–H and O–H groups in total. The SMILES string of the molecule is Cc1[se]c(C)c2c1SCCCS2. The van der Waals surface area contributed by atoms with Gasteiger partial charge in [0.2, 0.25) is 0 Å². The first-order valence-electron chi connectivity index (χ1n) is 4.14. The van der Waals surface area contributed by atoms with Crippen molar-refractivity contribution < 1.29 is 0 Å². The minimum atomic E-state index is 0.683. The summed E-state index contributed by atoms with van der Waals surface area (Å²) >= 11 is 4.85. The molecule has 0 unspecified atom stereocenters. The molecule has 0 nitrogen and oxygen atoms in total. The maximum atomic E-state index is 2.31. The van der Waals surface area contributed by atoms with E-state index >= 15 is 0 Å². The average molecular weight is 263 g/mol. The van der Waals surface area contributed by atoms with Crippen LogP contribution in [-0.2, 0) is 0 Å². The molecule has 12 heavy (non-hydrogen) atoms. The Kier molecular flexibility index (Phi) is 2.96. The fraction of sp³-hybridized carbons (Fsp3) is 0.556. The van der Waals surface area contributed by atoms with Gasteiger partial charge in [-0.15, -0.1) is 0 Å². The third-order valence-corrected chi connectivity index (χ3v) is 7.37. The Morgan fingerprint density at radius 1 is 1.00 bits per heavy atom. The van der Waals surface area contributed by atoms with E-state index in [0.717, 1.165) is 0 Å². The zero-order valence-electron chi connectivity index (χ0n) is 7.35. The van der Waals surface area contributed by atoms with Crippen LogP contribution in [0.25, 0.3) is 0 Å². The van der Waals surface area contributed by atoms with Gasteiger partial charge in [0.1, 0.15) is 0 Å². The molecule has 0 atom stereocenters. The quantitative estimate of drug-likeness (QED) is 0.660. The first-order valence-corrected chi connectivity index (χ1v) is 7.83. The van der Waals surface area contributed by atoms with Crippen molar-refractivity contribution in [2.75, 3.05) is 11.5 Å². The Balaban J connectivity index is 2.44. The van der Waals surface area contributed by atoms with Crippen LogP contribution in [0.15, 0.2) is 9.79 Å². The fourth-order valence-corrected chi connectivity index (χ4v) is 7.13. The molecule has 0 spiro atoms. The molecular formula is C9H12S2Se. The molecule has 66 valence electrons. The molecule has 1 aromatic rings. The summed E-state index contributed by atoms with van der Waals surface area (Å²) in [5.41, 5.74) is 0. The number of hydrogen-bond donors (Lipinski definition) is 0. The van der Waals surface area contributed by atoms with Gasteiger partial charge in [-0.25, -0.2) is 0 Å². The Labute approximate surface area is 88.3 Å². The summed E-state index contributed by atoms with van der Waals surface area (Å²) in [4.78, 5) is 3.27. The summed E-state index contributed by atoms with van der Waals surface area (Å²) in [6.07, 6.45) is 1.37. The van der Waals surface area contributed by atoms with Gasteiger partial charge in [0.15, 0.2) is 0 Å². The summed E-state index contributed by atoms with van der Waals surface area (Å²) in [5, 5.41) is 0. The van der Waals surface area contributed by atoms with Gasteiger partial charge in [-0.2, -0.15) is 0 Å². The van der Waals surface area contributed by atoms with Gasteiger partial charge in [-0.3, -0.25) is 0 Å². The molecule has 1 aliphatic rings. The molecule has 3 heteroatoms. The summed E-state index contributed by atoms with van der Waals surface area (Å²) in [6, 6.07) is 0. The molecule has 0 radical (unpaired) electrons. The van der Waals surface area contributed by atoms with Crippen molar-refractivity contribution in [2.45, 2.75) is 30.1 Å². The van der Waals surface area contributed by atoms with Crippen LogP contribution in [0.5, 0.6) is 0 Å². The van der Waals surface area contributed by atoms with Crippen LogP contribution in [0.4, 0.5) is 0 Å². The van der Waals surface area contributed by atoms with Crippen LogP contribution in [0.1, 0.15) is 15.3 Å². The van der Waals surface area contributed by atoms with Gasteiger partial charge in [0.05, 0.1) is 0 Å². The molecule has 0 fully saturated rings. The van der Waals surface area contributed by atoms with E-state index in [9.17, 15) is 0 Å². The number of fused-ring (bicyclic) bond motifs is 1. The molecule has 0 amide bonds. The van der Waals surface area contributed by atoms with Crippen LogP contribution in [-0.4, -0.2) is 26.0 Å². The number of rotatable bonds is 0. The molecule has 0 saturated carbocycles. The monoisotopic (exact) mass is 264 g/mol. The predicted molar refractivity (Wildman–Crippen MR) is 58.9 cm³/mol. The Morgan fingerprint density at radius 2 is 1.50 bits per heavy atom. The Hall–Kier alpha value is 0.699. The molecule has 2 rings (SSSR count). The normalized spacial score (nSPS) is 17.2. The van der Waals surface area contributed by atoms with Crippen LogP contribution in [0.2, 0.25) is 0 Å². The second kappa shape index (κ2) is 3.83. The first kappa shape index (κ1) is 9.26. The minimum absolute atomic E-state index is 0.683. The maximum absolute atomic E-state index is 2.31. The topological polar surface area (TPSA) is 0 Å². The van der Waals surface area contributed by atoms with Gasteiger partial charge >= 0.3 is 88.5 Å². The van der Waals surface area contributed by atoms with Crippen LogP contribution >= 0.6 is 23.5 Å². The van der Waals surface area contributed by atoms with Crippen molar-refractivity contribution in [3.63, 3.8) is 0 Å². The van der Waals surface area contributed by atoms with Crippen molar-refractivity contribution in [1.82, 2.24) is 0 Å². The van der Waals surface area contributed by atoms with Crippen molar-refractivity contribution in [3.05, 3.63) is 8.87 Å². The second-order valence-corrected chi connectivity index (χ2v) is 8.13. The van der Waals surface area contributed by atoms with Gasteiger partial charge in [-0.05, 0) is 0 Å². The standard InChI is InChI=1S/C9H12S2Se/c1-6-8-9(7(2)12-6)11-5-3-4-10-8/h3-5H2,1-2H3. The molecular weight excluding hydrogens is 251 g/mol. The van der Waals surface area contributed by atoms with Gasteiger partial charge in [0, 0.05) is 0 Å². The molecule has 0 aliphatic carbocycles. The van der Waals surface area contributed by atoms with Crippen molar-refractivity contribution in [1.29, 1.82) is 0 Å². The zero-order valence-corrected chi connectivity index (χ0v) is 10.7. The number of aryl methyl sites for hydroxylation is 2. The van der Waals surface area contributed by atoms with E-state index in [-0.39, 0.29) is 0 Å². The van der Waals surface area contributed by atoms with E-state index in [1.54, 1.807) is 18.7 Å². The van der Waals surface area contributed by atoms with E-state index in [2.05, 4.69) is 37.4 Å². The van der Waals surface area contributed by atoms with Gasteiger partial charge in [0.25, 0.3) is 0 Å². The molecule has 1 aromatic heterocycles. The van der Waals surface area contributed by atoms with Crippen molar-refractivity contribution in [3.8, 4) is 0 Å². The van der Waals surface area contributed by atoms with E-state index in [1.165, 1.54) is 17.9 Å². The number of hydrogen-bond acceptors (Lipinski definition) is 2. The van der Waals surface area contributed by atoms with Crippen LogP contribution in [0, 0.1) is 13.8 Å². The Morgan fingerprint density at radius 3 is 2.00 bits per heavy atom. The molecule has 0 aromatic carbocycles. The third kappa shape index (κ3) is 1.65. The van der Waals surface area contributed by atoms with Crippen molar-refractivity contribution >= 4 is 38.0 Å². The van der Waals surface area contributed by atoms with Gasteiger partial charge < -0.3 is 0 Å². The first-order chi connectivity index (χ1) is 5.79.